The van der Waals surface area contributed by atoms with Crippen LogP contribution in [-0.2, 0) is 22.7 Å². The largest absolute Gasteiger partial charge is 0.467 e. The lowest BCUT2D eigenvalue weighted by atomic mass is 10.1. The van der Waals surface area contributed by atoms with Crippen molar-refractivity contribution in [2.45, 2.75) is 20.0 Å². The first-order valence-corrected chi connectivity index (χ1v) is 9.68. The van der Waals surface area contributed by atoms with Gasteiger partial charge < -0.3 is 14.6 Å². The Kier molecular flexibility index (Phi) is 7.38. The van der Waals surface area contributed by atoms with E-state index in [0.717, 1.165) is 24.3 Å². The Balaban J connectivity index is 1.49. The summed E-state index contributed by atoms with van der Waals surface area (Å²) in [6.07, 6.45) is 2.99. The molecule has 0 aliphatic rings. The summed E-state index contributed by atoms with van der Waals surface area (Å²) in [5, 5.41) is 6.30. The molecule has 2 N–H and O–H groups in total. The number of hydrazone groups is 1. The van der Waals surface area contributed by atoms with Crippen LogP contribution in [0, 0.1) is 0 Å². The maximum atomic E-state index is 11.8. The van der Waals surface area contributed by atoms with Gasteiger partial charge in [-0.2, -0.15) is 5.10 Å². The van der Waals surface area contributed by atoms with E-state index in [1.54, 1.807) is 12.1 Å². The van der Waals surface area contributed by atoms with Gasteiger partial charge in [0.25, 0.3) is 0 Å². The van der Waals surface area contributed by atoms with Crippen molar-refractivity contribution in [3.05, 3.63) is 89.9 Å². The first-order chi connectivity index (χ1) is 14.7. The predicted molar refractivity (Wildman–Crippen MR) is 116 cm³/mol. The molecular weight excluding hydrogens is 380 g/mol. The fraction of sp³-hybridized carbons (Fsp3) is 0.174. The molecule has 0 bridgehead atoms. The quantitative estimate of drug-likeness (QED) is 0.343. The van der Waals surface area contributed by atoms with Crippen molar-refractivity contribution in [3.63, 3.8) is 0 Å². The van der Waals surface area contributed by atoms with Crippen LogP contribution < -0.4 is 15.6 Å². The van der Waals surface area contributed by atoms with E-state index < -0.39 is 11.8 Å². The summed E-state index contributed by atoms with van der Waals surface area (Å²) in [6, 6.07) is 21.5. The Morgan fingerprint density at radius 3 is 2.43 bits per heavy atom. The summed E-state index contributed by atoms with van der Waals surface area (Å²) >= 11 is 0. The van der Waals surface area contributed by atoms with Crippen molar-refractivity contribution in [2.24, 2.45) is 5.10 Å². The van der Waals surface area contributed by atoms with Crippen molar-refractivity contribution < 1.29 is 14.0 Å². The predicted octanol–water partition coefficient (Wildman–Crippen LogP) is 3.07. The number of rotatable bonds is 8. The van der Waals surface area contributed by atoms with Gasteiger partial charge in [0.2, 0.25) is 0 Å². The number of benzene rings is 2. The molecule has 0 radical (unpaired) electrons. The average Bonchev–Trinajstić information content (AvgIpc) is 3.31. The average molecular weight is 404 g/mol. The highest BCUT2D eigenvalue weighted by Gasteiger charge is 2.12. The molecule has 3 rings (SSSR count). The van der Waals surface area contributed by atoms with Gasteiger partial charge in [0.15, 0.2) is 0 Å². The Labute approximate surface area is 175 Å². The van der Waals surface area contributed by atoms with Crippen LogP contribution in [0.1, 0.15) is 23.8 Å². The first kappa shape index (κ1) is 20.9. The molecule has 0 aliphatic carbocycles. The van der Waals surface area contributed by atoms with E-state index in [1.807, 2.05) is 42.5 Å². The number of nitrogens with zero attached hydrogens (tertiary/aromatic N) is 2. The molecule has 1 aromatic heterocycles. The van der Waals surface area contributed by atoms with Crippen LogP contribution in [-0.4, -0.2) is 24.6 Å². The van der Waals surface area contributed by atoms with Crippen LogP contribution in [0.25, 0.3) is 0 Å². The molecule has 0 saturated heterocycles. The van der Waals surface area contributed by atoms with Crippen molar-refractivity contribution >= 4 is 23.7 Å². The van der Waals surface area contributed by atoms with Crippen molar-refractivity contribution in [2.75, 3.05) is 11.4 Å². The van der Waals surface area contributed by atoms with Crippen LogP contribution in [0.2, 0.25) is 0 Å². The minimum absolute atomic E-state index is 0.140. The highest BCUT2D eigenvalue weighted by Crippen LogP contribution is 2.17. The third kappa shape index (κ3) is 6.07. The van der Waals surface area contributed by atoms with Gasteiger partial charge in [0.1, 0.15) is 5.76 Å². The van der Waals surface area contributed by atoms with Crippen LogP contribution in [0.15, 0.2) is 82.5 Å². The maximum absolute atomic E-state index is 11.8. The zero-order valence-electron chi connectivity index (χ0n) is 16.7. The molecule has 30 heavy (non-hydrogen) atoms. The first-order valence-electron chi connectivity index (χ1n) is 9.68. The van der Waals surface area contributed by atoms with Gasteiger partial charge in [0.05, 0.1) is 19.0 Å². The van der Waals surface area contributed by atoms with E-state index in [4.69, 9.17) is 4.42 Å². The molecule has 7 nitrogen and oxygen atoms in total. The van der Waals surface area contributed by atoms with Crippen LogP contribution >= 0.6 is 0 Å². The Morgan fingerprint density at radius 2 is 1.77 bits per heavy atom. The monoisotopic (exact) mass is 404 g/mol. The molecule has 2 aromatic carbocycles. The summed E-state index contributed by atoms with van der Waals surface area (Å²) in [5.41, 5.74) is 5.38. The number of carbonyl (C=O) groups is 2. The van der Waals surface area contributed by atoms with Gasteiger partial charge in [-0.3, -0.25) is 9.59 Å². The highest BCUT2D eigenvalue weighted by molar-refractivity contribution is 6.35. The Morgan fingerprint density at radius 1 is 1.00 bits per heavy atom. The summed E-state index contributed by atoms with van der Waals surface area (Å²) in [4.78, 5) is 25.8. The second-order valence-electron chi connectivity index (χ2n) is 6.55. The molecule has 0 atom stereocenters. The minimum atomic E-state index is -0.838. The molecule has 1 heterocycles. The lowest BCUT2D eigenvalue weighted by Crippen LogP contribution is -2.37. The van der Waals surface area contributed by atoms with Crippen LogP contribution in [0.5, 0.6) is 0 Å². The molecule has 0 saturated carbocycles. The zero-order chi connectivity index (χ0) is 21.2. The van der Waals surface area contributed by atoms with Crippen LogP contribution in [0.4, 0.5) is 5.69 Å². The molecule has 2 amide bonds. The molecule has 0 spiro atoms. The SMILES string of the molecule is CCN(Cc1ccccc1)c1ccc(/C=N\NC(=O)C(=O)NCc2ccco2)cc1. The van der Waals surface area contributed by atoms with Crippen molar-refractivity contribution in [1.29, 1.82) is 0 Å². The van der Waals surface area contributed by atoms with E-state index in [-0.39, 0.29) is 6.54 Å². The normalized spacial score (nSPS) is 10.7. The minimum Gasteiger partial charge on any atom is -0.467 e. The number of carbonyl (C=O) groups excluding carboxylic acids is 2. The molecule has 3 aromatic rings. The van der Waals surface area contributed by atoms with Gasteiger partial charge in [-0.1, -0.05) is 42.5 Å². The summed E-state index contributed by atoms with van der Waals surface area (Å²) in [6.45, 7) is 3.96. The van der Waals surface area contributed by atoms with E-state index in [2.05, 4.69) is 39.8 Å². The topological polar surface area (TPSA) is 86.9 Å². The van der Waals surface area contributed by atoms with Gasteiger partial charge >= 0.3 is 11.8 Å². The zero-order valence-corrected chi connectivity index (χ0v) is 16.7. The smallest absolute Gasteiger partial charge is 0.329 e. The second-order valence-corrected chi connectivity index (χ2v) is 6.55. The lowest BCUT2D eigenvalue weighted by Gasteiger charge is -2.23. The third-order valence-electron chi connectivity index (χ3n) is 4.45. The maximum Gasteiger partial charge on any atom is 0.329 e. The highest BCUT2D eigenvalue weighted by atomic mass is 16.3. The van der Waals surface area contributed by atoms with E-state index >= 15 is 0 Å². The van der Waals surface area contributed by atoms with E-state index in [1.165, 1.54) is 18.0 Å². The fourth-order valence-corrected chi connectivity index (χ4v) is 2.84. The van der Waals surface area contributed by atoms with Gasteiger partial charge in [-0.15, -0.1) is 0 Å². The number of furan rings is 1. The molecule has 154 valence electrons. The molecule has 0 fully saturated rings. The van der Waals surface area contributed by atoms with E-state index in [9.17, 15) is 9.59 Å². The summed E-state index contributed by atoms with van der Waals surface area (Å²) < 4.78 is 5.09. The van der Waals surface area contributed by atoms with E-state index in [0.29, 0.717) is 5.76 Å². The van der Waals surface area contributed by atoms with Gasteiger partial charge in [0, 0.05) is 18.8 Å². The van der Waals surface area contributed by atoms with Crippen LogP contribution in [0.3, 0.4) is 0 Å². The molecule has 7 heteroatoms. The molecule has 0 unspecified atom stereocenters. The Bertz CT molecular complexity index is 967. The number of hydrogen-bond donors (Lipinski definition) is 2. The number of hydrogen-bond acceptors (Lipinski definition) is 5. The fourth-order valence-electron chi connectivity index (χ4n) is 2.84. The van der Waals surface area contributed by atoms with Gasteiger partial charge in [-0.05, 0) is 42.3 Å². The number of amides is 2. The third-order valence-corrected chi connectivity index (χ3v) is 4.45. The number of anilines is 1. The summed E-state index contributed by atoms with van der Waals surface area (Å²) in [7, 11) is 0. The van der Waals surface area contributed by atoms with Gasteiger partial charge in [-0.25, -0.2) is 5.43 Å². The second kappa shape index (κ2) is 10.6. The standard InChI is InChI=1S/C23H24N4O3/c1-2-27(17-19-7-4-3-5-8-19)20-12-10-18(11-13-20)15-25-26-23(29)22(28)24-16-21-9-6-14-30-21/h3-15H,2,16-17H2,1H3,(H,24,28)(H,26,29)/b25-15-. The molecule has 0 aliphatic heterocycles. The molecular formula is C23H24N4O3. The van der Waals surface area contributed by atoms with Crippen molar-refractivity contribution in [1.82, 2.24) is 10.7 Å². The number of nitrogens with one attached hydrogen (secondary N) is 2. The van der Waals surface area contributed by atoms with Crippen molar-refractivity contribution in [3.8, 4) is 0 Å². The lowest BCUT2D eigenvalue weighted by molar-refractivity contribution is -0.139. The summed E-state index contributed by atoms with van der Waals surface area (Å²) in [5.74, 6) is -1.05. The Hall–Kier alpha value is -3.87.